The van der Waals surface area contributed by atoms with Crippen LogP contribution in [0.25, 0.3) is 0 Å². The Balaban J connectivity index is 1.93. The number of anilines is 1. The minimum Gasteiger partial charge on any atom is -0.449 e. The highest BCUT2D eigenvalue weighted by Crippen LogP contribution is 2.28. The van der Waals surface area contributed by atoms with Crippen molar-refractivity contribution in [3.8, 4) is 0 Å². The number of rotatable bonds is 8. The number of carbonyl (C=O) groups excluding carboxylic acids is 2. The van der Waals surface area contributed by atoms with Gasteiger partial charge in [0.2, 0.25) is 0 Å². The van der Waals surface area contributed by atoms with Gasteiger partial charge in [-0.3, -0.25) is 14.9 Å². The van der Waals surface area contributed by atoms with Crippen LogP contribution in [0.15, 0.2) is 42.5 Å². The molecule has 154 valence electrons. The molecule has 0 fully saturated rings. The lowest BCUT2D eigenvalue weighted by Gasteiger charge is -2.15. The van der Waals surface area contributed by atoms with Crippen LogP contribution in [-0.2, 0) is 16.0 Å². The summed E-state index contributed by atoms with van der Waals surface area (Å²) < 4.78 is 18.0. The van der Waals surface area contributed by atoms with Crippen LogP contribution in [0.5, 0.6) is 0 Å². The number of nitro benzene ring substituents is 1. The van der Waals surface area contributed by atoms with E-state index in [9.17, 15) is 24.1 Å². The molecule has 0 aliphatic carbocycles. The molecule has 0 radical (unpaired) electrons. The molecule has 2 aromatic carbocycles. The first-order valence-electron chi connectivity index (χ1n) is 8.88. The van der Waals surface area contributed by atoms with E-state index >= 15 is 0 Å². The lowest BCUT2D eigenvalue weighted by Crippen LogP contribution is -2.36. The largest absolute Gasteiger partial charge is 0.449 e. The molecule has 1 N–H and O–H groups in total. The number of amides is 1. The fraction of sp³-hybridized carbons (Fsp3) is 0.300. The molecule has 0 heterocycles. The van der Waals surface area contributed by atoms with Gasteiger partial charge < -0.3 is 15.0 Å². The molecule has 0 aromatic heterocycles. The van der Waals surface area contributed by atoms with Gasteiger partial charge in [-0.15, -0.1) is 0 Å². The Hall–Kier alpha value is -3.49. The minimum absolute atomic E-state index is 0.0201. The van der Waals surface area contributed by atoms with Crippen molar-refractivity contribution in [3.63, 3.8) is 0 Å². The van der Waals surface area contributed by atoms with Crippen LogP contribution in [0.4, 0.5) is 15.8 Å². The summed E-state index contributed by atoms with van der Waals surface area (Å²) in [7, 11) is 3.30. The van der Waals surface area contributed by atoms with E-state index in [4.69, 9.17) is 4.74 Å². The first kappa shape index (κ1) is 21.8. The van der Waals surface area contributed by atoms with Gasteiger partial charge in [0, 0.05) is 26.7 Å². The third-order valence-electron chi connectivity index (χ3n) is 4.17. The second-order valence-corrected chi connectivity index (χ2v) is 6.57. The van der Waals surface area contributed by atoms with Crippen molar-refractivity contribution in [1.29, 1.82) is 0 Å². The van der Waals surface area contributed by atoms with Gasteiger partial charge in [-0.25, -0.2) is 9.18 Å². The maximum atomic E-state index is 12.9. The lowest BCUT2D eigenvalue weighted by atomic mass is 10.1. The number of nitrogens with one attached hydrogen (secondary N) is 1. The summed E-state index contributed by atoms with van der Waals surface area (Å²) in [6, 6.07) is 9.89. The molecule has 9 heteroatoms. The van der Waals surface area contributed by atoms with Crippen molar-refractivity contribution in [2.75, 3.05) is 25.5 Å². The van der Waals surface area contributed by atoms with Crippen LogP contribution in [-0.4, -0.2) is 43.5 Å². The summed E-state index contributed by atoms with van der Waals surface area (Å²) in [4.78, 5) is 36.6. The molecule has 0 saturated carbocycles. The van der Waals surface area contributed by atoms with E-state index in [2.05, 4.69) is 5.32 Å². The Morgan fingerprint density at radius 1 is 1.21 bits per heavy atom. The number of nitro groups is 1. The van der Waals surface area contributed by atoms with E-state index in [-0.39, 0.29) is 23.6 Å². The average Bonchev–Trinajstić information content (AvgIpc) is 2.68. The Morgan fingerprint density at radius 2 is 1.86 bits per heavy atom. The monoisotopic (exact) mass is 403 g/mol. The summed E-state index contributed by atoms with van der Waals surface area (Å²) in [6.45, 7) is 1.70. The molecule has 0 saturated heterocycles. The van der Waals surface area contributed by atoms with Crippen LogP contribution in [0.2, 0.25) is 0 Å². The molecular formula is C20H22FN3O5. The SMILES string of the molecule is C[C@@H](OC(=O)c1ccc(N(C)C)c([N+](=O)[O-])c1)C(=O)NCCc1ccc(F)cc1. The number of nitrogens with zero attached hydrogens (tertiary/aromatic N) is 2. The summed E-state index contributed by atoms with van der Waals surface area (Å²) in [5.41, 5.74) is 0.942. The van der Waals surface area contributed by atoms with Gasteiger partial charge in [0.1, 0.15) is 11.5 Å². The predicted octanol–water partition coefficient (Wildman–Crippen LogP) is 2.70. The molecule has 8 nitrogen and oxygen atoms in total. The average molecular weight is 403 g/mol. The molecule has 0 aliphatic heterocycles. The van der Waals surface area contributed by atoms with Crippen LogP contribution in [0.3, 0.4) is 0 Å². The van der Waals surface area contributed by atoms with Gasteiger partial charge in [-0.1, -0.05) is 12.1 Å². The summed E-state index contributed by atoms with van der Waals surface area (Å²) in [6.07, 6.45) is -0.589. The van der Waals surface area contributed by atoms with Crippen molar-refractivity contribution >= 4 is 23.3 Å². The summed E-state index contributed by atoms with van der Waals surface area (Å²) >= 11 is 0. The van der Waals surface area contributed by atoms with E-state index in [1.165, 1.54) is 31.2 Å². The minimum atomic E-state index is -1.08. The van der Waals surface area contributed by atoms with E-state index in [0.717, 1.165) is 11.6 Å². The van der Waals surface area contributed by atoms with Crippen molar-refractivity contribution in [3.05, 3.63) is 69.5 Å². The standard InChI is InChI=1S/C20H22FN3O5/c1-13(19(25)22-11-10-14-4-7-16(21)8-5-14)29-20(26)15-6-9-17(23(2)3)18(12-15)24(27)28/h4-9,12-13H,10-11H2,1-3H3,(H,22,25)/t13-/m1/s1. The maximum absolute atomic E-state index is 12.9. The van der Waals surface area contributed by atoms with Gasteiger partial charge in [0.25, 0.3) is 11.6 Å². The predicted molar refractivity (Wildman–Crippen MR) is 105 cm³/mol. The number of halogens is 1. The molecule has 2 aromatic rings. The van der Waals surface area contributed by atoms with Crippen molar-refractivity contribution < 1.29 is 23.6 Å². The molecular weight excluding hydrogens is 381 g/mol. The Morgan fingerprint density at radius 3 is 2.45 bits per heavy atom. The Bertz CT molecular complexity index is 899. The lowest BCUT2D eigenvalue weighted by molar-refractivity contribution is -0.384. The normalized spacial score (nSPS) is 11.4. The Kier molecular flexibility index (Phi) is 7.24. The number of benzene rings is 2. The molecule has 29 heavy (non-hydrogen) atoms. The number of ether oxygens (including phenoxy) is 1. The topological polar surface area (TPSA) is 102 Å². The van der Waals surface area contributed by atoms with E-state index < -0.39 is 22.9 Å². The van der Waals surface area contributed by atoms with Gasteiger partial charge >= 0.3 is 5.97 Å². The fourth-order valence-electron chi connectivity index (χ4n) is 2.58. The molecule has 0 spiro atoms. The third kappa shape index (κ3) is 6.00. The molecule has 0 aliphatic rings. The highest BCUT2D eigenvalue weighted by Gasteiger charge is 2.22. The Labute approximate surface area is 167 Å². The number of hydrogen-bond donors (Lipinski definition) is 1. The molecule has 2 rings (SSSR count). The zero-order chi connectivity index (χ0) is 21.6. The van der Waals surface area contributed by atoms with E-state index in [1.807, 2.05) is 0 Å². The summed E-state index contributed by atoms with van der Waals surface area (Å²) in [5.74, 6) is -1.67. The number of esters is 1. The van der Waals surface area contributed by atoms with Crippen LogP contribution >= 0.6 is 0 Å². The van der Waals surface area contributed by atoms with Crippen molar-refractivity contribution in [2.45, 2.75) is 19.4 Å². The smallest absolute Gasteiger partial charge is 0.339 e. The van der Waals surface area contributed by atoms with Crippen LogP contribution in [0.1, 0.15) is 22.8 Å². The quantitative estimate of drug-likeness (QED) is 0.413. The number of carbonyl (C=O) groups is 2. The summed E-state index contributed by atoms with van der Waals surface area (Å²) in [5, 5.41) is 13.9. The molecule has 0 unspecified atom stereocenters. The highest BCUT2D eigenvalue weighted by atomic mass is 19.1. The van der Waals surface area contributed by atoms with Gasteiger partial charge in [-0.2, -0.15) is 0 Å². The van der Waals surface area contributed by atoms with Gasteiger partial charge in [-0.05, 0) is 43.2 Å². The van der Waals surface area contributed by atoms with Gasteiger partial charge in [0.15, 0.2) is 6.10 Å². The molecule has 1 amide bonds. The first-order chi connectivity index (χ1) is 13.7. The third-order valence-corrected chi connectivity index (χ3v) is 4.17. The molecule has 1 atom stereocenters. The second-order valence-electron chi connectivity index (χ2n) is 6.57. The maximum Gasteiger partial charge on any atom is 0.339 e. The highest BCUT2D eigenvalue weighted by molar-refractivity contribution is 5.93. The van der Waals surface area contributed by atoms with Crippen molar-refractivity contribution in [2.24, 2.45) is 0 Å². The van der Waals surface area contributed by atoms with Crippen LogP contribution < -0.4 is 10.2 Å². The van der Waals surface area contributed by atoms with Crippen molar-refractivity contribution in [1.82, 2.24) is 5.32 Å². The number of hydrogen-bond acceptors (Lipinski definition) is 6. The zero-order valence-electron chi connectivity index (χ0n) is 16.3. The van der Waals surface area contributed by atoms with E-state index in [1.54, 1.807) is 31.1 Å². The van der Waals surface area contributed by atoms with Crippen LogP contribution in [0, 0.1) is 15.9 Å². The second kappa shape index (κ2) is 9.63. The fourth-order valence-corrected chi connectivity index (χ4v) is 2.58. The first-order valence-corrected chi connectivity index (χ1v) is 8.88. The molecule has 0 bridgehead atoms. The van der Waals surface area contributed by atoms with Gasteiger partial charge in [0.05, 0.1) is 10.5 Å². The zero-order valence-corrected chi connectivity index (χ0v) is 16.3. The van der Waals surface area contributed by atoms with E-state index in [0.29, 0.717) is 12.1 Å².